The van der Waals surface area contributed by atoms with Gasteiger partial charge in [-0.2, -0.15) is 0 Å². The van der Waals surface area contributed by atoms with E-state index < -0.39 is 0 Å². The van der Waals surface area contributed by atoms with Crippen molar-refractivity contribution in [3.05, 3.63) is 35.9 Å². The third-order valence-corrected chi connectivity index (χ3v) is 5.50. The molecule has 1 amide bonds. The fourth-order valence-electron chi connectivity index (χ4n) is 4.32. The van der Waals surface area contributed by atoms with Crippen LogP contribution in [0.25, 0.3) is 0 Å². The number of nitrogens with one attached hydrogen (secondary N) is 1. The molecule has 0 saturated carbocycles. The lowest BCUT2D eigenvalue weighted by molar-refractivity contribution is -0.127. The average Bonchev–Trinajstić information content (AvgIpc) is 3.23. The number of rotatable bonds is 2. The van der Waals surface area contributed by atoms with Gasteiger partial charge < -0.3 is 10.1 Å². The summed E-state index contributed by atoms with van der Waals surface area (Å²) in [6, 6.07) is 11.0. The lowest BCUT2D eigenvalue weighted by Crippen LogP contribution is -2.39. The molecule has 4 heteroatoms. The third-order valence-electron chi connectivity index (χ3n) is 5.50. The Morgan fingerprint density at radius 2 is 2.14 bits per heavy atom. The minimum absolute atomic E-state index is 0.232. The number of nitrogens with zero attached hydrogens (tertiary/aromatic N) is 1. The summed E-state index contributed by atoms with van der Waals surface area (Å²) in [5.41, 5.74) is 1.07. The fraction of sp³-hybridized carbons (Fsp3) is 0.588. The zero-order chi connectivity index (χ0) is 14.3. The van der Waals surface area contributed by atoms with Crippen molar-refractivity contribution < 1.29 is 9.53 Å². The minimum atomic E-state index is -0.232. The van der Waals surface area contributed by atoms with Crippen LogP contribution < -0.4 is 5.32 Å². The number of carbonyl (C=O) groups is 1. The van der Waals surface area contributed by atoms with Crippen molar-refractivity contribution in [2.24, 2.45) is 5.41 Å². The van der Waals surface area contributed by atoms with Crippen LogP contribution in [-0.4, -0.2) is 49.7 Å². The molecule has 1 N–H and O–H groups in total. The molecule has 1 unspecified atom stereocenters. The highest BCUT2D eigenvalue weighted by atomic mass is 16.5. The van der Waals surface area contributed by atoms with Crippen molar-refractivity contribution in [1.82, 2.24) is 10.2 Å². The predicted molar refractivity (Wildman–Crippen MR) is 80.0 cm³/mol. The van der Waals surface area contributed by atoms with Crippen LogP contribution in [0.4, 0.5) is 0 Å². The van der Waals surface area contributed by atoms with Crippen molar-refractivity contribution in [1.29, 1.82) is 0 Å². The van der Waals surface area contributed by atoms with E-state index >= 15 is 0 Å². The first-order chi connectivity index (χ1) is 10.3. The van der Waals surface area contributed by atoms with E-state index in [0.717, 1.165) is 45.7 Å². The molecule has 0 aliphatic carbocycles. The zero-order valence-corrected chi connectivity index (χ0v) is 12.3. The molecular weight excluding hydrogens is 264 g/mol. The van der Waals surface area contributed by atoms with E-state index in [-0.39, 0.29) is 11.3 Å². The Kier molecular flexibility index (Phi) is 3.23. The van der Waals surface area contributed by atoms with Crippen molar-refractivity contribution in [2.45, 2.75) is 24.8 Å². The molecular formula is C17H22N2O2. The second-order valence-electron chi connectivity index (χ2n) is 6.57. The molecule has 4 rings (SSSR count). The maximum atomic E-state index is 12.6. The summed E-state index contributed by atoms with van der Waals surface area (Å²) in [4.78, 5) is 15.1. The van der Waals surface area contributed by atoms with Crippen molar-refractivity contribution in [3.63, 3.8) is 0 Å². The molecule has 3 atom stereocenters. The van der Waals surface area contributed by atoms with Gasteiger partial charge in [-0.05, 0) is 18.4 Å². The number of amides is 1. The minimum Gasteiger partial charge on any atom is -0.380 e. The normalized spacial score (nSPS) is 36.5. The molecule has 0 bridgehead atoms. The maximum absolute atomic E-state index is 12.6. The standard InChI is InChI=1S/C17H22N2O2/c20-16-17(7-8-18-16)12-19(14-6-9-21-11-14)10-15(17)13-4-2-1-3-5-13/h1-5,14-15H,6-12H2,(H,18,20)/t14?,15-,17+/m0/s1. The summed E-state index contributed by atoms with van der Waals surface area (Å²) >= 11 is 0. The van der Waals surface area contributed by atoms with Gasteiger partial charge in [0, 0.05) is 38.2 Å². The second-order valence-corrected chi connectivity index (χ2v) is 6.57. The van der Waals surface area contributed by atoms with E-state index in [1.54, 1.807) is 0 Å². The van der Waals surface area contributed by atoms with Gasteiger partial charge in [-0.1, -0.05) is 30.3 Å². The van der Waals surface area contributed by atoms with Crippen molar-refractivity contribution >= 4 is 5.91 Å². The van der Waals surface area contributed by atoms with E-state index in [0.29, 0.717) is 12.0 Å². The molecule has 0 radical (unpaired) electrons. The number of ether oxygens (including phenoxy) is 1. The molecule has 21 heavy (non-hydrogen) atoms. The molecule has 1 spiro atoms. The van der Waals surface area contributed by atoms with Crippen LogP contribution in [0.3, 0.4) is 0 Å². The highest BCUT2D eigenvalue weighted by molar-refractivity contribution is 5.86. The lowest BCUT2D eigenvalue weighted by Gasteiger charge is -2.27. The zero-order valence-electron chi connectivity index (χ0n) is 12.3. The first-order valence-electron chi connectivity index (χ1n) is 7.95. The summed E-state index contributed by atoms with van der Waals surface area (Å²) in [7, 11) is 0. The summed E-state index contributed by atoms with van der Waals surface area (Å²) in [5.74, 6) is 0.555. The second kappa shape index (κ2) is 5.11. The molecule has 3 saturated heterocycles. The fourth-order valence-corrected chi connectivity index (χ4v) is 4.32. The van der Waals surface area contributed by atoms with Gasteiger partial charge in [0.05, 0.1) is 12.0 Å². The van der Waals surface area contributed by atoms with Crippen LogP contribution in [0.2, 0.25) is 0 Å². The van der Waals surface area contributed by atoms with Crippen LogP contribution in [0.5, 0.6) is 0 Å². The SMILES string of the molecule is O=C1NCC[C@]12CN(C1CCOC1)C[C@H]2c1ccccc1. The summed E-state index contributed by atoms with van der Waals surface area (Å²) in [6.07, 6.45) is 2.05. The summed E-state index contributed by atoms with van der Waals surface area (Å²) in [6.45, 7) is 4.35. The van der Waals surface area contributed by atoms with Gasteiger partial charge >= 0.3 is 0 Å². The van der Waals surface area contributed by atoms with Gasteiger partial charge in [0.15, 0.2) is 0 Å². The third kappa shape index (κ3) is 2.09. The van der Waals surface area contributed by atoms with Gasteiger partial charge in [0.1, 0.15) is 0 Å². The Balaban J connectivity index is 1.67. The average molecular weight is 286 g/mol. The molecule has 4 nitrogen and oxygen atoms in total. The molecule has 3 fully saturated rings. The van der Waals surface area contributed by atoms with Gasteiger partial charge in [-0.25, -0.2) is 0 Å². The number of likely N-dealkylation sites (tertiary alicyclic amines) is 1. The summed E-state index contributed by atoms with van der Waals surface area (Å²) < 4.78 is 5.55. The molecule has 1 aromatic carbocycles. The molecule has 112 valence electrons. The number of carbonyl (C=O) groups excluding carboxylic acids is 1. The Morgan fingerprint density at radius 3 is 2.81 bits per heavy atom. The predicted octanol–water partition coefficient (Wildman–Crippen LogP) is 1.38. The van der Waals surface area contributed by atoms with Gasteiger partial charge in [-0.3, -0.25) is 9.69 Å². The highest BCUT2D eigenvalue weighted by Gasteiger charge is 2.55. The Hall–Kier alpha value is -1.39. The van der Waals surface area contributed by atoms with Crippen molar-refractivity contribution in [3.8, 4) is 0 Å². The van der Waals surface area contributed by atoms with E-state index in [1.165, 1.54) is 5.56 Å². The smallest absolute Gasteiger partial charge is 0.228 e. The van der Waals surface area contributed by atoms with E-state index in [2.05, 4.69) is 34.5 Å². The largest absolute Gasteiger partial charge is 0.380 e. The lowest BCUT2D eigenvalue weighted by atomic mass is 9.73. The topological polar surface area (TPSA) is 41.6 Å². The van der Waals surface area contributed by atoms with Gasteiger partial charge in [0.25, 0.3) is 0 Å². The van der Waals surface area contributed by atoms with Crippen LogP contribution in [0.15, 0.2) is 30.3 Å². The summed E-state index contributed by atoms with van der Waals surface area (Å²) in [5, 5.41) is 3.07. The molecule has 1 aromatic rings. The van der Waals surface area contributed by atoms with Crippen LogP contribution in [-0.2, 0) is 9.53 Å². The van der Waals surface area contributed by atoms with E-state index in [9.17, 15) is 4.79 Å². The number of benzene rings is 1. The Labute approximate surface area is 125 Å². The Bertz CT molecular complexity index is 527. The molecule has 3 aliphatic heterocycles. The quantitative estimate of drug-likeness (QED) is 0.893. The molecule has 3 aliphatic rings. The van der Waals surface area contributed by atoms with Gasteiger partial charge in [0.2, 0.25) is 5.91 Å². The van der Waals surface area contributed by atoms with E-state index in [1.807, 2.05) is 6.07 Å². The molecule has 3 heterocycles. The first-order valence-corrected chi connectivity index (χ1v) is 7.95. The van der Waals surface area contributed by atoms with Crippen LogP contribution >= 0.6 is 0 Å². The first kappa shape index (κ1) is 13.3. The van der Waals surface area contributed by atoms with Crippen molar-refractivity contribution in [2.75, 3.05) is 32.8 Å². The van der Waals surface area contributed by atoms with Crippen LogP contribution in [0.1, 0.15) is 24.3 Å². The highest BCUT2D eigenvalue weighted by Crippen LogP contribution is 2.48. The number of hydrogen-bond donors (Lipinski definition) is 1. The van der Waals surface area contributed by atoms with E-state index in [4.69, 9.17) is 4.74 Å². The molecule has 0 aromatic heterocycles. The monoisotopic (exact) mass is 286 g/mol. The Morgan fingerprint density at radius 1 is 1.29 bits per heavy atom. The van der Waals surface area contributed by atoms with Crippen LogP contribution in [0, 0.1) is 5.41 Å². The number of hydrogen-bond acceptors (Lipinski definition) is 3. The van der Waals surface area contributed by atoms with Gasteiger partial charge in [-0.15, -0.1) is 0 Å². The maximum Gasteiger partial charge on any atom is 0.228 e.